The molecule has 0 aliphatic heterocycles. The van der Waals surface area contributed by atoms with Gasteiger partial charge in [-0.1, -0.05) is 37.9 Å². The number of ether oxygens (including phenoxy) is 1. The molecule has 0 saturated carbocycles. The van der Waals surface area contributed by atoms with Crippen LogP contribution in [0.5, 0.6) is 0 Å². The molecule has 0 bridgehead atoms. The van der Waals surface area contributed by atoms with Crippen LogP contribution in [-0.4, -0.2) is 19.8 Å². The van der Waals surface area contributed by atoms with Crippen LogP contribution in [0.25, 0.3) is 0 Å². The first-order valence-electron chi connectivity index (χ1n) is 6.46. The van der Waals surface area contributed by atoms with E-state index in [0.29, 0.717) is 10.0 Å². The zero-order chi connectivity index (χ0) is 14.4. The van der Waals surface area contributed by atoms with E-state index in [1.54, 1.807) is 19.2 Å². The highest BCUT2D eigenvalue weighted by molar-refractivity contribution is 9.10. The molecule has 0 amide bonds. The van der Waals surface area contributed by atoms with Gasteiger partial charge in [-0.3, -0.25) is 0 Å². The summed E-state index contributed by atoms with van der Waals surface area (Å²) >= 11 is 9.19. The van der Waals surface area contributed by atoms with Crippen molar-refractivity contribution in [2.45, 2.75) is 38.8 Å². The predicted molar refractivity (Wildman–Crippen MR) is 81.2 cm³/mol. The van der Waals surface area contributed by atoms with Crippen LogP contribution < -0.4 is 5.32 Å². The van der Waals surface area contributed by atoms with E-state index in [1.807, 2.05) is 6.92 Å². The van der Waals surface area contributed by atoms with Crippen molar-refractivity contribution in [3.8, 4) is 0 Å². The third-order valence-corrected chi connectivity index (χ3v) is 4.33. The summed E-state index contributed by atoms with van der Waals surface area (Å²) in [4.78, 5) is 0. The van der Waals surface area contributed by atoms with Crippen LogP contribution in [0, 0.1) is 5.82 Å². The van der Waals surface area contributed by atoms with Crippen molar-refractivity contribution in [2.75, 3.05) is 13.7 Å². The van der Waals surface area contributed by atoms with Crippen LogP contribution in [0.2, 0.25) is 5.02 Å². The summed E-state index contributed by atoms with van der Waals surface area (Å²) in [6.45, 7) is 4.81. The van der Waals surface area contributed by atoms with E-state index < -0.39 is 0 Å². The van der Waals surface area contributed by atoms with Gasteiger partial charge in [-0.05, 0) is 35.0 Å². The number of methoxy groups -OCH3 is 1. The zero-order valence-electron chi connectivity index (χ0n) is 11.5. The SMILES string of the molecule is CCCC(OC)C(NCC)c1ccc(Br)c(Cl)c1F. The normalized spacial score (nSPS) is 14.4. The molecule has 0 radical (unpaired) electrons. The molecule has 1 N–H and O–H groups in total. The fraction of sp³-hybridized carbons (Fsp3) is 0.571. The number of hydrogen-bond donors (Lipinski definition) is 1. The standard InChI is InChI=1S/C14H20BrClFNO/c1-4-6-11(19-3)14(18-5-2)9-7-8-10(15)12(16)13(9)17/h7-8,11,14,18H,4-6H2,1-3H3. The monoisotopic (exact) mass is 351 g/mol. The number of rotatable bonds is 7. The van der Waals surface area contributed by atoms with Crippen molar-refractivity contribution in [1.82, 2.24) is 5.32 Å². The van der Waals surface area contributed by atoms with Gasteiger partial charge in [0.05, 0.1) is 17.2 Å². The van der Waals surface area contributed by atoms with E-state index in [0.717, 1.165) is 19.4 Å². The average Bonchev–Trinajstić information content (AvgIpc) is 2.41. The molecule has 0 aliphatic carbocycles. The molecule has 2 atom stereocenters. The van der Waals surface area contributed by atoms with Gasteiger partial charge in [0.2, 0.25) is 0 Å². The Balaban J connectivity index is 3.14. The van der Waals surface area contributed by atoms with Crippen LogP contribution in [-0.2, 0) is 4.74 Å². The number of hydrogen-bond acceptors (Lipinski definition) is 2. The molecule has 1 rings (SSSR count). The lowest BCUT2D eigenvalue weighted by atomic mass is 9.97. The summed E-state index contributed by atoms with van der Waals surface area (Å²) in [6.07, 6.45) is 1.77. The molecule has 0 saturated heterocycles. The molecule has 108 valence electrons. The van der Waals surface area contributed by atoms with Crippen LogP contribution in [0.1, 0.15) is 38.3 Å². The Morgan fingerprint density at radius 3 is 2.63 bits per heavy atom. The van der Waals surface area contributed by atoms with E-state index in [9.17, 15) is 4.39 Å². The van der Waals surface area contributed by atoms with Gasteiger partial charge in [0.25, 0.3) is 0 Å². The highest BCUT2D eigenvalue weighted by Crippen LogP contribution is 2.32. The van der Waals surface area contributed by atoms with Crippen LogP contribution >= 0.6 is 27.5 Å². The molecular formula is C14H20BrClFNO. The van der Waals surface area contributed by atoms with Gasteiger partial charge < -0.3 is 10.1 Å². The van der Waals surface area contributed by atoms with Gasteiger partial charge in [0.1, 0.15) is 5.82 Å². The minimum Gasteiger partial charge on any atom is -0.379 e. The molecule has 19 heavy (non-hydrogen) atoms. The van der Waals surface area contributed by atoms with Gasteiger partial charge in [0, 0.05) is 17.1 Å². The number of likely N-dealkylation sites (N-methyl/N-ethyl adjacent to an activating group) is 1. The minimum atomic E-state index is -0.389. The predicted octanol–water partition coefficient (Wildman–Crippen LogP) is 4.71. The van der Waals surface area contributed by atoms with Crippen molar-refractivity contribution >= 4 is 27.5 Å². The highest BCUT2D eigenvalue weighted by Gasteiger charge is 2.25. The molecule has 0 aliphatic rings. The van der Waals surface area contributed by atoms with Gasteiger partial charge in [-0.2, -0.15) is 0 Å². The molecule has 1 aromatic rings. The molecule has 0 aromatic heterocycles. The van der Waals surface area contributed by atoms with E-state index in [2.05, 4.69) is 28.2 Å². The molecule has 2 nitrogen and oxygen atoms in total. The van der Waals surface area contributed by atoms with Crippen molar-refractivity contribution in [2.24, 2.45) is 0 Å². The fourth-order valence-corrected chi connectivity index (χ4v) is 2.63. The summed E-state index contributed by atoms with van der Waals surface area (Å²) in [7, 11) is 1.66. The number of halogens is 3. The summed E-state index contributed by atoms with van der Waals surface area (Å²) < 4.78 is 20.4. The highest BCUT2D eigenvalue weighted by atomic mass is 79.9. The fourth-order valence-electron chi connectivity index (χ4n) is 2.15. The summed E-state index contributed by atoms with van der Waals surface area (Å²) in [5.74, 6) is -0.389. The Labute approximate surface area is 127 Å². The Bertz CT molecular complexity index is 417. The number of nitrogens with one attached hydrogen (secondary N) is 1. The van der Waals surface area contributed by atoms with Gasteiger partial charge in [-0.15, -0.1) is 0 Å². The topological polar surface area (TPSA) is 21.3 Å². The van der Waals surface area contributed by atoms with Crippen LogP contribution in [0.15, 0.2) is 16.6 Å². The van der Waals surface area contributed by atoms with Crippen molar-refractivity contribution in [3.05, 3.63) is 33.0 Å². The Hall–Kier alpha value is -0.160. The lowest BCUT2D eigenvalue weighted by molar-refractivity contribution is 0.0600. The summed E-state index contributed by atoms with van der Waals surface area (Å²) in [6, 6.07) is 3.32. The lowest BCUT2D eigenvalue weighted by Gasteiger charge is -2.27. The lowest BCUT2D eigenvalue weighted by Crippen LogP contribution is -2.34. The van der Waals surface area contributed by atoms with Crippen LogP contribution in [0.4, 0.5) is 4.39 Å². The quantitative estimate of drug-likeness (QED) is 0.718. The minimum absolute atomic E-state index is 0.0725. The summed E-state index contributed by atoms with van der Waals surface area (Å²) in [5.41, 5.74) is 0.551. The Morgan fingerprint density at radius 1 is 1.42 bits per heavy atom. The van der Waals surface area contributed by atoms with Crippen molar-refractivity contribution < 1.29 is 9.13 Å². The third-order valence-electron chi connectivity index (χ3n) is 3.07. The molecule has 1 aromatic carbocycles. The van der Waals surface area contributed by atoms with Gasteiger partial charge in [0.15, 0.2) is 0 Å². The zero-order valence-corrected chi connectivity index (χ0v) is 13.8. The third kappa shape index (κ3) is 4.15. The summed E-state index contributed by atoms with van der Waals surface area (Å²) in [5, 5.41) is 3.40. The first kappa shape index (κ1) is 16.9. The van der Waals surface area contributed by atoms with E-state index in [4.69, 9.17) is 16.3 Å². The molecule has 0 heterocycles. The smallest absolute Gasteiger partial charge is 0.147 e. The maximum atomic E-state index is 14.3. The van der Waals surface area contributed by atoms with E-state index in [1.165, 1.54) is 0 Å². The first-order valence-corrected chi connectivity index (χ1v) is 7.63. The van der Waals surface area contributed by atoms with E-state index in [-0.39, 0.29) is 23.0 Å². The van der Waals surface area contributed by atoms with Crippen molar-refractivity contribution in [1.29, 1.82) is 0 Å². The molecule has 2 unspecified atom stereocenters. The maximum absolute atomic E-state index is 14.3. The Kier molecular flexibility index (Phi) is 7.29. The second kappa shape index (κ2) is 8.20. The average molecular weight is 353 g/mol. The second-order valence-electron chi connectivity index (χ2n) is 4.36. The van der Waals surface area contributed by atoms with E-state index >= 15 is 0 Å². The van der Waals surface area contributed by atoms with Crippen LogP contribution in [0.3, 0.4) is 0 Å². The van der Waals surface area contributed by atoms with Crippen molar-refractivity contribution in [3.63, 3.8) is 0 Å². The Morgan fingerprint density at radius 2 is 2.11 bits per heavy atom. The molecular weight excluding hydrogens is 333 g/mol. The molecule has 0 fully saturated rings. The molecule has 5 heteroatoms. The maximum Gasteiger partial charge on any atom is 0.147 e. The van der Waals surface area contributed by atoms with Gasteiger partial charge >= 0.3 is 0 Å². The molecule has 0 spiro atoms. The first-order chi connectivity index (χ1) is 9.06. The largest absolute Gasteiger partial charge is 0.379 e. The number of benzene rings is 1. The van der Waals surface area contributed by atoms with Gasteiger partial charge in [-0.25, -0.2) is 4.39 Å². The second-order valence-corrected chi connectivity index (χ2v) is 5.60.